The lowest BCUT2D eigenvalue weighted by Crippen LogP contribution is -2.30. The highest BCUT2D eigenvalue weighted by Crippen LogP contribution is 2.30. The van der Waals surface area contributed by atoms with Crippen LogP contribution in [0.15, 0.2) is 65.8 Å². The third kappa shape index (κ3) is 4.74. The van der Waals surface area contributed by atoms with E-state index < -0.39 is 24.0 Å². The van der Waals surface area contributed by atoms with E-state index in [2.05, 4.69) is 10.1 Å². The second kappa shape index (κ2) is 9.43. The molecular weight excluding hydrogens is 451 g/mol. The number of rotatable bonds is 7. The van der Waals surface area contributed by atoms with Crippen LogP contribution in [0.25, 0.3) is 5.69 Å². The largest absolute Gasteiger partial charge is 0.494 e. The van der Waals surface area contributed by atoms with E-state index in [1.807, 2.05) is 13.1 Å². The van der Waals surface area contributed by atoms with Gasteiger partial charge in [0.15, 0.2) is 10.9 Å². The average Bonchev–Trinajstić information content (AvgIpc) is 3.23. The predicted octanol–water partition coefficient (Wildman–Crippen LogP) is 3.91. The number of hydrogen-bond donors (Lipinski definition) is 1. The topological polar surface area (TPSA) is 91.4 Å². The molecule has 4 rings (SSSR count). The number of benzene rings is 2. The molecule has 0 radical (unpaired) electrons. The third-order valence-electron chi connectivity index (χ3n) is 4.94. The van der Waals surface area contributed by atoms with Crippen LogP contribution in [0.4, 0.5) is 4.39 Å². The van der Waals surface area contributed by atoms with Crippen molar-refractivity contribution in [1.29, 1.82) is 0 Å². The minimum Gasteiger partial charge on any atom is -0.494 e. The van der Waals surface area contributed by atoms with Gasteiger partial charge in [-0.15, -0.1) is 0 Å². The molecule has 4 aromatic rings. The van der Waals surface area contributed by atoms with Crippen LogP contribution < -0.4 is 15.0 Å². The molecule has 33 heavy (non-hydrogen) atoms. The average molecular weight is 471 g/mol. The molecule has 0 fully saturated rings. The number of aryl methyl sites for hydroxylation is 1. The van der Waals surface area contributed by atoms with Gasteiger partial charge in [-0.25, -0.2) is 14.1 Å². The number of aromatic nitrogens is 4. The number of nitrogens with zero attached hydrogens (tertiary/aromatic N) is 4. The fraction of sp³-hybridized carbons (Fsp3) is 0.174. The fourth-order valence-electron chi connectivity index (χ4n) is 3.40. The molecule has 8 nitrogen and oxygen atoms in total. The highest BCUT2D eigenvalue weighted by molar-refractivity contribution is 6.29. The number of aliphatic hydroxyl groups excluding tert-OH is 1. The molecule has 2 aromatic heterocycles. The minimum atomic E-state index is -0.948. The number of hydrogen-bond acceptors (Lipinski definition) is 6. The van der Waals surface area contributed by atoms with Gasteiger partial charge in [-0.1, -0.05) is 23.7 Å². The van der Waals surface area contributed by atoms with E-state index in [-0.39, 0.29) is 10.9 Å². The number of imidazole rings is 1. The minimum absolute atomic E-state index is 0.0306. The summed E-state index contributed by atoms with van der Waals surface area (Å²) in [6.07, 6.45) is 3.51. The van der Waals surface area contributed by atoms with Crippen molar-refractivity contribution in [3.8, 4) is 22.9 Å². The van der Waals surface area contributed by atoms with Crippen LogP contribution in [0.1, 0.15) is 17.3 Å². The number of aliphatic hydroxyl groups is 1. The maximum absolute atomic E-state index is 13.7. The van der Waals surface area contributed by atoms with Gasteiger partial charge < -0.3 is 19.1 Å². The molecule has 2 aromatic carbocycles. The molecular formula is C23H20ClFN4O4. The molecule has 2 heterocycles. The Kier molecular flexibility index (Phi) is 6.43. The van der Waals surface area contributed by atoms with Crippen LogP contribution >= 0.6 is 11.6 Å². The maximum Gasteiger partial charge on any atom is 0.310 e. The molecule has 0 amide bonds. The molecule has 1 N–H and O–H groups in total. The fourth-order valence-corrected chi connectivity index (χ4v) is 3.58. The van der Waals surface area contributed by atoms with Gasteiger partial charge >= 0.3 is 5.56 Å². The normalized spacial score (nSPS) is 11.9. The SMILES string of the molecule is COc1cc(Oc2cc(Cl)nn([C@@H](CO)c3cccc(F)c3)c2=O)ccc1-n1cnc(C)c1. The Balaban J connectivity index is 1.71. The molecule has 0 aliphatic carbocycles. The predicted molar refractivity (Wildman–Crippen MR) is 120 cm³/mol. The van der Waals surface area contributed by atoms with Crippen molar-refractivity contribution in [3.63, 3.8) is 0 Å². The van der Waals surface area contributed by atoms with Crippen molar-refractivity contribution in [2.75, 3.05) is 13.7 Å². The van der Waals surface area contributed by atoms with E-state index in [1.165, 1.54) is 31.4 Å². The Labute approximate surface area is 193 Å². The van der Waals surface area contributed by atoms with Crippen molar-refractivity contribution in [3.05, 3.63) is 93.6 Å². The first-order chi connectivity index (χ1) is 15.9. The first kappa shape index (κ1) is 22.5. The van der Waals surface area contributed by atoms with Crippen LogP contribution in [-0.2, 0) is 0 Å². The molecule has 0 bridgehead atoms. The van der Waals surface area contributed by atoms with Crippen molar-refractivity contribution in [2.45, 2.75) is 13.0 Å². The van der Waals surface area contributed by atoms with Crippen LogP contribution in [0.2, 0.25) is 5.15 Å². The van der Waals surface area contributed by atoms with Crippen LogP contribution in [0.3, 0.4) is 0 Å². The summed E-state index contributed by atoms with van der Waals surface area (Å²) in [7, 11) is 1.52. The summed E-state index contributed by atoms with van der Waals surface area (Å²) in [5.41, 5.74) is 1.31. The first-order valence-corrected chi connectivity index (χ1v) is 10.3. The Morgan fingerprint density at radius 2 is 2.00 bits per heavy atom. The van der Waals surface area contributed by atoms with Crippen LogP contribution in [0, 0.1) is 12.7 Å². The third-order valence-corrected chi connectivity index (χ3v) is 5.13. The van der Waals surface area contributed by atoms with Gasteiger partial charge in [-0.2, -0.15) is 5.10 Å². The summed E-state index contributed by atoms with van der Waals surface area (Å²) >= 11 is 6.13. The number of ether oxygens (including phenoxy) is 2. The standard InChI is InChI=1S/C23H20ClFN4O4/c1-14-11-28(13-26-14)18-7-6-17(9-20(18)32-2)33-21-10-22(24)27-29(23(21)31)19(12-30)15-4-3-5-16(25)8-15/h3-11,13,19,30H,12H2,1-2H3/t19-/m0/s1. The lowest BCUT2D eigenvalue weighted by atomic mass is 10.1. The number of methoxy groups -OCH3 is 1. The van der Waals surface area contributed by atoms with Gasteiger partial charge in [-0.3, -0.25) is 4.79 Å². The Morgan fingerprint density at radius 3 is 2.67 bits per heavy atom. The van der Waals surface area contributed by atoms with E-state index in [4.69, 9.17) is 21.1 Å². The van der Waals surface area contributed by atoms with Crippen molar-refractivity contribution < 1.29 is 19.0 Å². The lowest BCUT2D eigenvalue weighted by Gasteiger charge is -2.18. The van der Waals surface area contributed by atoms with Crippen LogP contribution in [-0.4, -0.2) is 38.2 Å². The maximum atomic E-state index is 13.7. The quantitative estimate of drug-likeness (QED) is 0.440. The molecule has 10 heteroatoms. The van der Waals surface area contributed by atoms with E-state index in [9.17, 15) is 14.3 Å². The molecule has 0 aliphatic heterocycles. The van der Waals surface area contributed by atoms with Crippen molar-refractivity contribution in [1.82, 2.24) is 19.3 Å². The van der Waals surface area contributed by atoms with E-state index >= 15 is 0 Å². The molecule has 0 spiro atoms. The van der Waals surface area contributed by atoms with E-state index in [0.29, 0.717) is 17.1 Å². The number of halogens is 2. The van der Waals surface area contributed by atoms with Crippen molar-refractivity contribution in [2.24, 2.45) is 0 Å². The van der Waals surface area contributed by atoms with E-state index in [0.717, 1.165) is 16.1 Å². The van der Waals surface area contributed by atoms with Gasteiger partial charge in [0, 0.05) is 18.3 Å². The summed E-state index contributed by atoms with van der Waals surface area (Å²) in [4.78, 5) is 17.3. The van der Waals surface area contributed by atoms with E-state index in [1.54, 1.807) is 35.2 Å². The summed E-state index contributed by atoms with van der Waals surface area (Å²) in [6, 6.07) is 10.9. The summed E-state index contributed by atoms with van der Waals surface area (Å²) < 4.78 is 27.8. The monoisotopic (exact) mass is 470 g/mol. The first-order valence-electron chi connectivity index (χ1n) is 9.92. The Hall–Kier alpha value is -3.69. The van der Waals surface area contributed by atoms with Gasteiger partial charge in [-0.05, 0) is 36.8 Å². The second-order valence-corrected chi connectivity index (χ2v) is 7.58. The van der Waals surface area contributed by atoms with Gasteiger partial charge in [0.25, 0.3) is 0 Å². The highest BCUT2D eigenvalue weighted by Gasteiger charge is 2.20. The molecule has 0 saturated heterocycles. The zero-order valence-corrected chi connectivity index (χ0v) is 18.5. The molecule has 170 valence electrons. The Bertz CT molecular complexity index is 1350. The van der Waals surface area contributed by atoms with Crippen molar-refractivity contribution >= 4 is 11.6 Å². The summed E-state index contributed by atoms with van der Waals surface area (Å²) in [6.45, 7) is 1.38. The smallest absolute Gasteiger partial charge is 0.310 e. The lowest BCUT2D eigenvalue weighted by molar-refractivity contribution is 0.235. The molecule has 0 unspecified atom stereocenters. The highest BCUT2D eigenvalue weighted by atomic mass is 35.5. The molecule has 0 saturated carbocycles. The molecule has 1 atom stereocenters. The summed E-state index contributed by atoms with van der Waals surface area (Å²) in [5, 5.41) is 13.9. The zero-order chi connectivity index (χ0) is 23.5. The zero-order valence-electron chi connectivity index (χ0n) is 17.8. The summed E-state index contributed by atoms with van der Waals surface area (Å²) in [5.74, 6) is 0.207. The molecule has 0 aliphatic rings. The van der Waals surface area contributed by atoms with Gasteiger partial charge in [0.2, 0.25) is 0 Å². The Morgan fingerprint density at radius 1 is 1.18 bits per heavy atom. The van der Waals surface area contributed by atoms with Gasteiger partial charge in [0.1, 0.15) is 23.4 Å². The van der Waals surface area contributed by atoms with Gasteiger partial charge in [0.05, 0.1) is 31.4 Å². The second-order valence-electron chi connectivity index (χ2n) is 7.19. The van der Waals surface area contributed by atoms with Crippen LogP contribution in [0.5, 0.6) is 17.2 Å².